The van der Waals surface area contributed by atoms with E-state index in [1.165, 1.54) is 0 Å². The molecule has 3 N–H and O–H groups in total. The summed E-state index contributed by atoms with van der Waals surface area (Å²) in [5.41, 5.74) is 8.17. The second kappa shape index (κ2) is 6.49. The zero-order valence-corrected chi connectivity index (χ0v) is 16.0. The summed E-state index contributed by atoms with van der Waals surface area (Å²) in [7, 11) is 0. The van der Waals surface area contributed by atoms with Gasteiger partial charge in [0.15, 0.2) is 0 Å². The fourth-order valence-corrected chi connectivity index (χ4v) is 4.16. The molecule has 3 aromatic rings. The summed E-state index contributed by atoms with van der Waals surface area (Å²) in [6.07, 6.45) is 9.22. The molecule has 140 valence electrons. The molecule has 4 heterocycles. The van der Waals surface area contributed by atoms with Gasteiger partial charge in [-0.3, -0.25) is 14.9 Å². The number of carbonyl (C=O) groups excluding carboxylic acids is 1. The van der Waals surface area contributed by atoms with Crippen LogP contribution >= 0.6 is 11.6 Å². The number of aromatic nitrogens is 3. The lowest BCUT2D eigenvalue weighted by molar-refractivity contribution is -0.110. The minimum absolute atomic E-state index is 0.169. The average molecular weight is 392 g/mol. The van der Waals surface area contributed by atoms with Crippen molar-refractivity contribution >= 4 is 40.5 Å². The van der Waals surface area contributed by atoms with Crippen LogP contribution < -0.4 is 10.6 Å². The van der Waals surface area contributed by atoms with Gasteiger partial charge in [0, 0.05) is 41.2 Å². The number of carbonyl (C=O) groups is 1. The van der Waals surface area contributed by atoms with Crippen molar-refractivity contribution in [3.63, 3.8) is 0 Å². The number of hydrogen-bond donors (Lipinski definition) is 3. The first-order valence-electron chi connectivity index (χ1n) is 9.20. The summed E-state index contributed by atoms with van der Waals surface area (Å²) in [4.78, 5) is 17.2. The molecule has 28 heavy (non-hydrogen) atoms. The van der Waals surface area contributed by atoms with Crippen molar-refractivity contribution in [2.45, 2.75) is 19.8 Å². The minimum Gasteiger partial charge on any atom is -0.383 e. The van der Waals surface area contributed by atoms with Gasteiger partial charge >= 0.3 is 0 Å². The van der Waals surface area contributed by atoms with E-state index in [1.807, 2.05) is 24.4 Å². The lowest BCUT2D eigenvalue weighted by Crippen LogP contribution is -2.14. The normalized spacial score (nSPS) is 16.5. The molecule has 2 aromatic heterocycles. The van der Waals surface area contributed by atoms with E-state index in [1.54, 1.807) is 12.4 Å². The van der Waals surface area contributed by atoms with Gasteiger partial charge in [0.05, 0.1) is 28.3 Å². The molecule has 0 radical (unpaired) electrons. The van der Waals surface area contributed by atoms with Crippen molar-refractivity contribution in [2.75, 3.05) is 17.2 Å². The monoisotopic (exact) mass is 391 g/mol. The topological polar surface area (TPSA) is 82.7 Å². The van der Waals surface area contributed by atoms with E-state index in [-0.39, 0.29) is 5.91 Å². The second-order valence-electron chi connectivity index (χ2n) is 7.07. The van der Waals surface area contributed by atoms with E-state index in [0.29, 0.717) is 16.3 Å². The second-order valence-corrected chi connectivity index (χ2v) is 7.48. The van der Waals surface area contributed by atoms with Gasteiger partial charge in [-0.1, -0.05) is 11.6 Å². The molecular weight excluding hydrogens is 374 g/mol. The van der Waals surface area contributed by atoms with E-state index in [2.05, 4.69) is 32.7 Å². The fraction of sp³-hybridized carbons (Fsp3) is 0.190. The number of fused-ring (bicyclic) bond motifs is 2. The maximum atomic E-state index is 12.5. The Bertz CT molecular complexity index is 1130. The molecule has 0 bridgehead atoms. The van der Waals surface area contributed by atoms with Crippen molar-refractivity contribution in [2.24, 2.45) is 0 Å². The highest BCUT2D eigenvalue weighted by atomic mass is 35.5. The number of amides is 1. The molecule has 7 heteroatoms. The van der Waals surface area contributed by atoms with Gasteiger partial charge in [-0.05, 0) is 49.1 Å². The molecule has 5 rings (SSSR count). The molecular formula is C21H18ClN5O. The van der Waals surface area contributed by atoms with Crippen LogP contribution in [0.25, 0.3) is 22.8 Å². The Morgan fingerprint density at radius 2 is 2.07 bits per heavy atom. The predicted molar refractivity (Wildman–Crippen MR) is 111 cm³/mol. The summed E-state index contributed by atoms with van der Waals surface area (Å²) in [6, 6.07) is 3.89. The van der Waals surface area contributed by atoms with Crippen molar-refractivity contribution < 1.29 is 4.79 Å². The first-order valence-corrected chi connectivity index (χ1v) is 9.58. The highest BCUT2D eigenvalue weighted by Crippen LogP contribution is 2.42. The highest BCUT2D eigenvalue weighted by molar-refractivity contribution is 6.41. The molecule has 0 atom stereocenters. The fourth-order valence-electron chi connectivity index (χ4n) is 3.89. The van der Waals surface area contributed by atoms with Gasteiger partial charge in [-0.15, -0.1) is 0 Å². The Morgan fingerprint density at radius 1 is 1.18 bits per heavy atom. The van der Waals surface area contributed by atoms with Gasteiger partial charge < -0.3 is 10.6 Å². The van der Waals surface area contributed by atoms with Crippen LogP contribution in [-0.4, -0.2) is 27.6 Å². The Balaban J connectivity index is 1.66. The zero-order chi connectivity index (χ0) is 19.3. The van der Waals surface area contributed by atoms with Crippen LogP contribution in [0.15, 0.2) is 30.7 Å². The maximum absolute atomic E-state index is 12.5. The molecule has 0 aliphatic carbocycles. The quantitative estimate of drug-likeness (QED) is 0.569. The maximum Gasteiger partial charge on any atom is 0.256 e. The number of H-pyrrole nitrogens is 1. The summed E-state index contributed by atoms with van der Waals surface area (Å²) >= 11 is 6.54. The minimum atomic E-state index is -0.169. The van der Waals surface area contributed by atoms with Crippen LogP contribution in [0.3, 0.4) is 0 Å². The number of halogens is 1. The molecule has 1 aromatic carbocycles. The van der Waals surface area contributed by atoms with Gasteiger partial charge in [0.1, 0.15) is 0 Å². The van der Waals surface area contributed by atoms with E-state index >= 15 is 0 Å². The molecule has 0 unspecified atom stereocenters. The zero-order valence-electron chi connectivity index (χ0n) is 15.3. The third kappa shape index (κ3) is 2.68. The van der Waals surface area contributed by atoms with Crippen LogP contribution in [-0.2, 0) is 11.2 Å². The third-order valence-corrected chi connectivity index (χ3v) is 5.61. The van der Waals surface area contributed by atoms with Gasteiger partial charge in [0.25, 0.3) is 5.91 Å². The van der Waals surface area contributed by atoms with Gasteiger partial charge in [0.2, 0.25) is 0 Å². The van der Waals surface area contributed by atoms with E-state index in [4.69, 9.17) is 11.6 Å². The van der Waals surface area contributed by atoms with E-state index in [0.717, 1.165) is 58.6 Å². The molecule has 0 spiro atoms. The van der Waals surface area contributed by atoms with E-state index in [9.17, 15) is 4.79 Å². The highest BCUT2D eigenvalue weighted by Gasteiger charge is 2.28. The third-order valence-electron chi connectivity index (χ3n) is 5.31. The number of aromatic amines is 1. The Kier molecular flexibility index (Phi) is 3.94. The first-order chi connectivity index (χ1) is 13.6. The van der Waals surface area contributed by atoms with Crippen molar-refractivity contribution in [1.29, 1.82) is 0 Å². The SMILES string of the molecule is Cc1c(-c2cc(Cl)c3c(c2)/C(=C/c2cn[nH]c2)C(=O)N3)cnc2c1NCCC2. The number of nitrogens with zero attached hydrogens (tertiary/aromatic N) is 2. The average Bonchev–Trinajstić information content (AvgIpc) is 3.32. The van der Waals surface area contributed by atoms with Crippen molar-refractivity contribution in [3.8, 4) is 11.1 Å². The summed E-state index contributed by atoms with van der Waals surface area (Å²) in [5, 5.41) is 13.6. The molecule has 0 saturated heterocycles. The number of rotatable bonds is 2. The first kappa shape index (κ1) is 17.0. The number of pyridine rings is 1. The van der Waals surface area contributed by atoms with Crippen molar-refractivity contribution in [3.05, 3.63) is 58.1 Å². The lowest BCUT2D eigenvalue weighted by atomic mass is 9.94. The Morgan fingerprint density at radius 3 is 2.89 bits per heavy atom. The number of anilines is 2. The Labute approximate surface area is 167 Å². The van der Waals surface area contributed by atoms with Crippen LogP contribution in [0.4, 0.5) is 11.4 Å². The predicted octanol–water partition coefficient (Wildman–Crippen LogP) is 4.28. The van der Waals surface area contributed by atoms with Crippen LogP contribution in [0.5, 0.6) is 0 Å². The number of nitrogens with one attached hydrogen (secondary N) is 3. The molecule has 2 aliphatic heterocycles. The molecule has 0 fully saturated rings. The smallest absolute Gasteiger partial charge is 0.256 e. The number of aryl methyl sites for hydroxylation is 1. The summed E-state index contributed by atoms with van der Waals surface area (Å²) < 4.78 is 0. The Hall–Kier alpha value is -3.12. The van der Waals surface area contributed by atoms with Gasteiger partial charge in [-0.2, -0.15) is 5.10 Å². The van der Waals surface area contributed by atoms with Crippen LogP contribution in [0.2, 0.25) is 5.02 Å². The molecule has 1 amide bonds. The summed E-state index contributed by atoms with van der Waals surface area (Å²) in [5.74, 6) is -0.169. The van der Waals surface area contributed by atoms with Crippen molar-refractivity contribution in [1.82, 2.24) is 15.2 Å². The number of hydrogen-bond acceptors (Lipinski definition) is 4. The van der Waals surface area contributed by atoms with Crippen LogP contribution in [0.1, 0.15) is 28.8 Å². The molecule has 0 saturated carbocycles. The van der Waals surface area contributed by atoms with Crippen LogP contribution in [0, 0.1) is 6.92 Å². The van der Waals surface area contributed by atoms with E-state index < -0.39 is 0 Å². The standard InChI is InChI=1S/C21H18ClN5O/c1-11-16(10-24-18-3-2-4-23-19(11)18)13-6-14-15(5-12-8-25-26-9-12)21(28)27-20(14)17(22)7-13/h5-10,23H,2-4H2,1H3,(H,25,26)(H,27,28)/b15-5-. The van der Waals surface area contributed by atoms with Gasteiger partial charge in [-0.25, -0.2) is 0 Å². The molecule has 2 aliphatic rings. The summed E-state index contributed by atoms with van der Waals surface area (Å²) in [6.45, 7) is 3.06. The number of benzene rings is 1. The largest absolute Gasteiger partial charge is 0.383 e. The molecule has 6 nitrogen and oxygen atoms in total. The lowest BCUT2D eigenvalue weighted by Gasteiger charge is -2.21.